The SMILES string of the molecule is CC1CCC(C(=O)CC2OCCO2)CC1C. The van der Waals surface area contributed by atoms with Crippen LogP contribution in [0.25, 0.3) is 0 Å². The first-order valence-electron chi connectivity index (χ1n) is 6.42. The molecule has 0 aromatic heterocycles. The number of hydrogen-bond donors (Lipinski definition) is 0. The van der Waals surface area contributed by atoms with Crippen LogP contribution in [-0.2, 0) is 14.3 Å². The van der Waals surface area contributed by atoms with E-state index in [2.05, 4.69) is 13.8 Å². The molecule has 1 saturated heterocycles. The van der Waals surface area contributed by atoms with Crippen LogP contribution in [0.2, 0.25) is 0 Å². The number of ketones is 1. The minimum atomic E-state index is -0.262. The summed E-state index contributed by atoms with van der Waals surface area (Å²) in [6.07, 6.45) is 3.47. The van der Waals surface area contributed by atoms with E-state index in [1.54, 1.807) is 0 Å². The van der Waals surface area contributed by atoms with E-state index in [0.717, 1.165) is 18.8 Å². The van der Waals surface area contributed by atoms with Gasteiger partial charge in [0.15, 0.2) is 6.29 Å². The van der Waals surface area contributed by atoms with Crippen molar-refractivity contribution in [3.8, 4) is 0 Å². The van der Waals surface area contributed by atoms with Crippen LogP contribution in [0.4, 0.5) is 0 Å². The van der Waals surface area contributed by atoms with Crippen molar-refractivity contribution in [2.75, 3.05) is 13.2 Å². The summed E-state index contributed by atoms with van der Waals surface area (Å²) in [5.41, 5.74) is 0. The van der Waals surface area contributed by atoms with Crippen molar-refractivity contribution >= 4 is 5.78 Å². The Morgan fingerprint density at radius 1 is 1.12 bits per heavy atom. The summed E-state index contributed by atoms with van der Waals surface area (Å²) in [5, 5.41) is 0. The summed E-state index contributed by atoms with van der Waals surface area (Å²) in [7, 11) is 0. The lowest BCUT2D eigenvalue weighted by molar-refractivity contribution is -0.133. The monoisotopic (exact) mass is 226 g/mol. The van der Waals surface area contributed by atoms with E-state index in [9.17, 15) is 4.79 Å². The molecular weight excluding hydrogens is 204 g/mol. The van der Waals surface area contributed by atoms with Crippen molar-refractivity contribution in [1.29, 1.82) is 0 Å². The third-order valence-electron chi connectivity index (χ3n) is 4.11. The zero-order valence-electron chi connectivity index (χ0n) is 10.3. The van der Waals surface area contributed by atoms with Gasteiger partial charge in [-0.15, -0.1) is 0 Å². The second kappa shape index (κ2) is 5.28. The lowest BCUT2D eigenvalue weighted by atomic mass is 9.74. The average molecular weight is 226 g/mol. The summed E-state index contributed by atoms with van der Waals surface area (Å²) in [6.45, 7) is 5.81. The van der Waals surface area contributed by atoms with Crippen molar-refractivity contribution in [2.24, 2.45) is 17.8 Å². The maximum Gasteiger partial charge on any atom is 0.164 e. The van der Waals surface area contributed by atoms with Gasteiger partial charge in [0.25, 0.3) is 0 Å². The quantitative estimate of drug-likeness (QED) is 0.741. The second-order valence-electron chi connectivity index (χ2n) is 5.31. The van der Waals surface area contributed by atoms with Crippen molar-refractivity contribution in [2.45, 2.75) is 45.8 Å². The molecule has 2 aliphatic rings. The van der Waals surface area contributed by atoms with Crippen molar-refractivity contribution < 1.29 is 14.3 Å². The molecule has 3 nitrogen and oxygen atoms in total. The number of ether oxygens (including phenoxy) is 2. The minimum Gasteiger partial charge on any atom is -0.350 e. The van der Waals surface area contributed by atoms with Gasteiger partial charge in [0.2, 0.25) is 0 Å². The molecule has 0 aromatic carbocycles. The van der Waals surface area contributed by atoms with Gasteiger partial charge in [0, 0.05) is 5.92 Å². The Hall–Kier alpha value is -0.410. The van der Waals surface area contributed by atoms with Gasteiger partial charge in [-0.05, 0) is 31.1 Å². The van der Waals surface area contributed by atoms with E-state index in [1.807, 2.05) is 0 Å². The van der Waals surface area contributed by atoms with E-state index in [4.69, 9.17) is 9.47 Å². The van der Waals surface area contributed by atoms with Crippen molar-refractivity contribution in [3.05, 3.63) is 0 Å². The Morgan fingerprint density at radius 3 is 2.44 bits per heavy atom. The van der Waals surface area contributed by atoms with E-state index in [-0.39, 0.29) is 12.2 Å². The van der Waals surface area contributed by atoms with Gasteiger partial charge in [-0.1, -0.05) is 13.8 Å². The molecule has 0 amide bonds. The highest BCUT2D eigenvalue weighted by molar-refractivity contribution is 5.81. The predicted octanol–water partition coefficient (Wildman–Crippen LogP) is 2.39. The highest BCUT2D eigenvalue weighted by atomic mass is 16.7. The summed E-state index contributed by atoms with van der Waals surface area (Å²) in [6, 6.07) is 0. The van der Waals surface area contributed by atoms with Crippen LogP contribution < -0.4 is 0 Å². The van der Waals surface area contributed by atoms with Gasteiger partial charge < -0.3 is 9.47 Å². The predicted molar refractivity (Wildman–Crippen MR) is 61.0 cm³/mol. The van der Waals surface area contributed by atoms with Crippen LogP contribution in [0.5, 0.6) is 0 Å². The number of carbonyl (C=O) groups excluding carboxylic acids is 1. The van der Waals surface area contributed by atoms with Gasteiger partial charge in [-0.25, -0.2) is 0 Å². The number of rotatable bonds is 3. The molecule has 1 saturated carbocycles. The zero-order valence-corrected chi connectivity index (χ0v) is 10.3. The van der Waals surface area contributed by atoms with Gasteiger partial charge in [0.1, 0.15) is 5.78 Å². The van der Waals surface area contributed by atoms with Crippen LogP contribution >= 0.6 is 0 Å². The highest BCUT2D eigenvalue weighted by Crippen LogP contribution is 2.34. The molecule has 92 valence electrons. The Morgan fingerprint density at radius 2 is 1.81 bits per heavy atom. The molecule has 3 atom stereocenters. The molecule has 0 bridgehead atoms. The largest absolute Gasteiger partial charge is 0.350 e. The Balaban J connectivity index is 1.80. The van der Waals surface area contributed by atoms with Gasteiger partial charge in [0.05, 0.1) is 19.6 Å². The summed E-state index contributed by atoms with van der Waals surface area (Å²) < 4.78 is 10.6. The normalized spacial score (nSPS) is 36.5. The molecule has 2 fully saturated rings. The van der Waals surface area contributed by atoms with Gasteiger partial charge in [-0.2, -0.15) is 0 Å². The fourth-order valence-electron chi connectivity index (χ4n) is 2.70. The molecule has 16 heavy (non-hydrogen) atoms. The van der Waals surface area contributed by atoms with E-state index in [1.165, 1.54) is 6.42 Å². The molecule has 0 N–H and O–H groups in total. The molecular formula is C13H22O3. The Kier molecular flexibility index (Phi) is 3.98. The molecule has 3 heteroatoms. The van der Waals surface area contributed by atoms with Crippen LogP contribution in [0.15, 0.2) is 0 Å². The maximum atomic E-state index is 12.0. The van der Waals surface area contributed by atoms with E-state index < -0.39 is 0 Å². The average Bonchev–Trinajstić information content (AvgIpc) is 2.74. The number of Topliss-reactive ketones (excluding diaryl/α,β-unsaturated/α-hetero) is 1. The Labute approximate surface area is 97.5 Å². The number of carbonyl (C=O) groups is 1. The second-order valence-corrected chi connectivity index (χ2v) is 5.31. The third kappa shape index (κ3) is 2.83. The van der Waals surface area contributed by atoms with Gasteiger partial charge in [-0.3, -0.25) is 4.79 Å². The third-order valence-corrected chi connectivity index (χ3v) is 4.11. The van der Waals surface area contributed by atoms with Crippen molar-refractivity contribution in [1.82, 2.24) is 0 Å². The van der Waals surface area contributed by atoms with Crippen LogP contribution in [0.3, 0.4) is 0 Å². The molecule has 2 rings (SSSR count). The van der Waals surface area contributed by atoms with E-state index >= 15 is 0 Å². The van der Waals surface area contributed by atoms with Crippen molar-refractivity contribution in [3.63, 3.8) is 0 Å². The highest BCUT2D eigenvalue weighted by Gasteiger charge is 2.31. The molecule has 0 radical (unpaired) electrons. The maximum absolute atomic E-state index is 12.0. The topological polar surface area (TPSA) is 35.5 Å². The van der Waals surface area contributed by atoms with E-state index in [0.29, 0.717) is 31.3 Å². The summed E-state index contributed by atoms with van der Waals surface area (Å²) in [4.78, 5) is 12.0. The standard InChI is InChI=1S/C13H22O3/c1-9-3-4-11(7-10(9)2)12(14)8-13-15-5-6-16-13/h9-11,13H,3-8H2,1-2H3. The molecule has 3 unspecified atom stereocenters. The molecule has 1 aliphatic heterocycles. The number of hydrogen-bond acceptors (Lipinski definition) is 3. The molecule has 1 aliphatic carbocycles. The summed E-state index contributed by atoms with van der Waals surface area (Å²) in [5.74, 6) is 2.03. The fraction of sp³-hybridized carbons (Fsp3) is 0.923. The van der Waals surface area contributed by atoms with Gasteiger partial charge >= 0.3 is 0 Å². The lowest BCUT2D eigenvalue weighted by Gasteiger charge is -2.31. The zero-order chi connectivity index (χ0) is 11.5. The molecule has 1 heterocycles. The first-order chi connectivity index (χ1) is 7.66. The molecule has 0 spiro atoms. The smallest absolute Gasteiger partial charge is 0.164 e. The van der Waals surface area contributed by atoms with Crippen LogP contribution in [0.1, 0.15) is 39.5 Å². The first kappa shape index (κ1) is 12.1. The fourth-order valence-corrected chi connectivity index (χ4v) is 2.70. The minimum absolute atomic E-state index is 0.249. The summed E-state index contributed by atoms with van der Waals surface area (Å²) >= 11 is 0. The molecule has 0 aromatic rings. The van der Waals surface area contributed by atoms with Crippen LogP contribution in [-0.4, -0.2) is 25.3 Å². The first-order valence-corrected chi connectivity index (χ1v) is 6.42. The Bertz CT molecular complexity index is 246. The van der Waals surface area contributed by atoms with Crippen LogP contribution in [0, 0.1) is 17.8 Å². The lowest BCUT2D eigenvalue weighted by Crippen LogP contribution is -2.28.